The van der Waals surface area contributed by atoms with E-state index in [1.54, 1.807) is 0 Å². The molecule has 0 aromatic rings. The summed E-state index contributed by atoms with van der Waals surface area (Å²) in [6.45, 7) is 0.135. The molecule has 0 aliphatic carbocycles. The summed E-state index contributed by atoms with van der Waals surface area (Å²) in [5, 5.41) is 11.0. The average molecular weight is 197 g/mol. The highest BCUT2D eigenvalue weighted by atomic mass is 16.5. The molecule has 0 spiro atoms. The van der Waals surface area contributed by atoms with E-state index in [-0.39, 0.29) is 12.5 Å². The fourth-order valence-corrected chi connectivity index (χ4v) is 1.26. The van der Waals surface area contributed by atoms with Gasteiger partial charge in [-0.1, -0.05) is 5.92 Å². The third-order valence-corrected chi connectivity index (χ3v) is 1.95. The van der Waals surface area contributed by atoms with Crippen LogP contribution in [-0.2, 0) is 14.3 Å². The number of hydrogen-bond donors (Lipinski definition) is 2. The average Bonchev–Trinajstić information content (AvgIpc) is 2.62. The van der Waals surface area contributed by atoms with E-state index in [1.165, 1.54) is 0 Å². The highest BCUT2D eigenvalue weighted by molar-refractivity contribution is 5.82. The van der Waals surface area contributed by atoms with Gasteiger partial charge in [0.05, 0.1) is 6.54 Å². The minimum absolute atomic E-state index is 0.135. The highest BCUT2D eigenvalue weighted by Crippen LogP contribution is 2.19. The summed E-state index contributed by atoms with van der Waals surface area (Å²) >= 11 is 0. The molecule has 2 atom stereocenters. The van der Waals surface area contributed by atoms with Crippen LogP contribution in [0.25, 0.3) is 0 Å². The maximum absolute atomic E-state index is 11.2. The van der Waals surface area contributed by atoms with Crippen LogP contribution in [0, 0.1) is 12.3 Å². The van der Waals surface area contributed by atoms with Crippen LogP contribution in [0.3, 0.4) is 0 Å². The second kappa shape index (κ2) is 4.63. The number of carbonyl (C=O) groups is 2. The minimum Gasteiger partial charge on any atom is -0.479 e. The summed E-state index contributed by atoms with van der Waals surface area (Å²) in [5.74, 6) is 0.881. The van der Waals surface area contributed by atoms with Crippen molar-refractivity contribution in [1.29, 1.82) is 0 Å². The third-order valence-electron chi connectivity index (χ3n) is 1.95. The van der Waals surface area contributed by atoms with E-state index in [4.69, 9.17) is 16.3 Å². The molecule has 14 heavy (non-hydrogen) atoms. The summed E-state index contributed by atoms with van der Waals surface area (Å²) < 4.78 is 5.00. The molecule has 0 aromatic heterocycles. The van der Waals surface area contributed by atoms with Gasteiger partial charge in [0.1, 0.15) is 6.10 Å². The number of rotatable bonds is 3. The van der Waals surface area contributed by atoms with Gasteiger partial charge in [-0.05, 0) is 12.8 Å². The van der Waals surface area contributed by atoms with Crippen LogP contribution >= 0.6 is 0 Å². The quantitative estimate of drug-likeness (QED) is 0.590. The molecule has 0 bridgehead atoms. The number of terminal acetylenes is 1. The molecule has 0 unspecified atom stereocenters. The van der Waals surface area contributed by atoms with Crippen molar-refractivity contribution >= 4 is 11.9 Å². The first-order chi connectivity index (χ1) is 6.65. The number of carboxylic acid groups (broad SMARTS) is 1. The molecule has 1 saturated heterocycles. The zero-order valence-electron chi connectivity index (χ0n) is 7.53. The first-order valence-electron chi connectivity index (χ1n) is 4.24. The number of carboxylic acids is 1. The Bertz CT molecular complexity index is 281. The summed E-state index contributed by atoms with van der Waals surface area (Å²) in [4.78, 5) is 21.7. The number of amides is 1. The molecule has 0 radical (unpaired) electrons. The van der Waals surface area contributed by atoms with Crippen LogP contribution in [0.2, 0.25) is 0 Å². The van der Waals surface area contributed by atoms with Gasteiger partial charge in [0.25, 0.3) is 0 Å². The number of hydrogen-bond acceptors (Lipinski definition) is 3. The zero-order chi connectivity index (χ0) is 10.6. The Balaban J connectivity index is 2.38. The van der Waals surface area contributed by atoms with Crippen LogP contribution in [-0.4, -0.2) is 35.7 Å². The van der Waals surface area contributed by atoms with Crippen molar-refractivity contribution in [2.75, 3.05) is 6.54 Å². The van der Waals surface area contributed by atoms with Gasteiger partial charge in [-0.2, -0.15) is 0 Å². The largest absolute Gasteiger partial charge is 0.479 e. The molecule has 1 rings (SSSR count). The number of carbonyl (C=O) groups excluding carboxylic acids is 1. The van der Waals surface area contributed by atoms with Crippen molar-refractivity contribution < 1.29 is 19.4 Å². The van der Waals surface area contributed by atoms with Gasteiger partial charge in [-0.3, -0.25) is 4.79 Å². The van der Waals surface area contributed by atoms with Gasteiger partial charge < -0.3 is 15.2 Å². The molecule has 0 saturated carbocycles. The highest BCUT2D eigenvalue weighted by Gasteiger charge is 2.34. The topological polar surface area (TPSA) is 75.6 Å². The van der Waals surface area contributed by atoms with Crippen molar-refractivity contribution in [3.63, 3.8) is 0 Å². The van der Waals surface area contributed by atoms with Crippen molar-refractivity contribution in [2.45, 2.75) is 25.0 Å². The second-order valence-corrected chi connectivity index (χ2v) is 2.95. The lowest BCUT2D eigenvalue weighted by Crippen LogP contribution is -2.35. The van der Waals surface area contributed by atoms with Crippen LogP contribution in [0.5, 0.6) is 0 Å². The fraction of sp³-hybridized carbons (Fsp3) is 0.556. The van der Waals surface area contributed by atoms with Gasteiger partial charge in [-0.15, -0.1) is 6.42 Å². The van der Waals surface area contributed by atoms with E-state index < -0.39 is 18.2 Å². The van der Waals surface area contributed by atoms with Crippen molar-refractivity contribution in [3.05, 3.63) is 0 Å². The predicted octanol–water partition coefficient (Wildman–Crippen LogP) is -0.632. The summed E-state index contributed by atoms with van der Waals surface area (Å²) in [7, 11) is 0. The van der Waals surface area contributed by atoms with Crippen molar-refractivity contribution in [2.24, 2.45) is 0 Å². The van der Waals surface area contributed by atoms with E-state index in [1.807, 2.05) is 0 Å². The molecule has 1 fully saturated rings. The van der Waals surface area contributed by atoms with E-state index in [9.17, 15) is 9.59 Å². The van der Waals surface area contributed by atoms with Crippen LogP contribution in [0.1, 0.15) is 12.8 Å². The predicted molar refractivity (Wildman–Crippen MR) is 47.4 cm³/mol. The van der Waals surface area contributed by atoms with Crippen LogP contribution in [0.15, 0.2) is 0 Å². The maximum Gasteiger partial charge on any atom is 0.332 e. The van der Waals surface area contributed by atoms with Gasteiger partial charge in [0.15, 0.2) is 6.10 Å². The van der Waals surface area contributed by atoms with Crippen LogP contribution in [0.4, 0.5) is 0 Å². The summed E-state index contributed by atoms with van der Waals surface area (Å²) in [6.07, 6.45) is 4.20. The lowest BCUT2D eigenvalue weighted by molar-refractivity contribution is -0.151. The van der Waals surface area contributed by atoms with Crippen molar-refractivity contribution in [1.82, 2.24) is 5.32 Å². The third kappa shape index (κ3) is 2.47. The lowest BCUT2D eigenvalue weighted by atomic mass is 10.2. The Morgan fingerprint density at radius 2 is 2.14 bits per heavy atom. The smallest absolute Gasteiger partial charge is 0.332 e. The van der Waals surface area contributed by atoms with Gasteiger partial charge in [-0.25, -0.2) is 4.79 Å². The van der Waals surface area contributed by atoms with E-state index >= 15 is 0 Å². The maximum atomic E-state index is 11.2. The Hall–Kier alpha value is -1.54. The Labute approximate surface area is 81.4 Å². The summed E-state index contributed by atoms with van der Waals surface area (Å²) in [6, 6.07) is 0. The standard InChI is InChI=1S/C9H11NO4/c1-2-5-10-8(11)6-3-4-7(14-6)9(12)13/h1,6-7H,3-5H2,(H,10,11)(H,12,13)/t6-,7+/m0/s1. The number of aliphatic carboxylic acids is 1. The molecule has 76 valence electrons. The number of ether oxygens (including phenoxy) is 1. The SMILES string of the molecule is C#CCNC(=O)[C@@H]1CC[C@H](C(=O)O)O1. The van der Waals surface area contributed by atoms with Crippen LogP contribution < -0.4 is 5.32 Å². The van der Waals surface area contributed by atoms with E-state index in [0.29, 0.717) is 12.8 Å². The molecule has 1 heterocycles. The number of nitrogens with one attached hydrogen (secondary N) is 1. The molecule has 2 N–H and O–H groups in total. The fourth-order valence-electron chi connectivity index (χ4n) is 1.26. The molecule has 1 aliphatic heterocycles. The van der Waals surface area contributed by atoms with Gasteiger partial charge >= 0.3 is 5.97 Å². The van der Waals surface area contributed by atoms with E-state index in [0.717, 1.165) is 0 Å². The molecule has 5 nitrogen and oxygen atoms in total. The molecule has 0 aromatic carbocycles. The first kappa shape index (κ1) is 10.5. The summed E-state index contributed by atoms with van der Waals surface area (Å²) in [5.41, 5.74) is 0. The Morgan fingerprint density at radius 1 is 1.50 bits per heavy atom. The Morgan fingerprint density at radius 3 is 2.64 bits per heavy atom. The Kier molecular flexibility index (Phi) is 3.48. The molecular formula is C9H11NO4. The van der Waals surface area contributed by atoms with E-state index in [2.05, 4.69) is 11.2 Å². The second-order valence-electron chi connectivity index (χ2n) is 2.95. The van der Waals surface area contributed by atoms with Gasteiger partial charge in [0.2, 0.25) is 5.91 Å². The van der Waals surface area contributed by atoms with Gasteiger partial charge in [0, 0.05) is 0 Å². The zero-order valence-corrected chi connectivity index (χ0v) is 7.53. The lowest BCUT2D eigenvalue weighted by Gasteiger charge is -2.09. The minimum atomic E-state index is -1.03. The normalized spacial score (nSPS) is 25.4. The molecule has 1 amide bonds. The molecular weight excluding hydrogens is 186 g/mol. The molecule has 5 heteroatoms. The van der Waals surface area contributed by atoms with Crippen molar-refractivity contribution in [3.8, 4) is 12.3 Å². The molecule has 1 aliphatic rings. The first-order valence-corrected chi connectivity index (χ1v) is 4.24. The monoisotopic (exact) mass is 197 g/mol.